The SMILES string of the molecule is CN=C(NCCC(=O)NCc1ccccc1)N(C)Cc1cccc(Cl)c1. The van der Waals surface area contributed by atoms with Crippen molar-refractivity contribution in [3.05, 3.63) is 70.7 Å². The Morgan fingerprint density at radius 3 is 2.50 bits per heavy atom. The maximum Gasteiger partial charge on any atom is 0.222 e. The van der Waals surface area contributed by atoms with Crippen molar-refractivity contribution in [2.45, 2.75) is 19.5 Å². The van der Waals surface area contributed by atoms with Crippen molar-refractivity contribution in [2.75, 3.05) is 20.6 Å². The zero-order valence-corrected chi connectivity index (χ0v) is 16.0. The van der Waals surface area contributed by atoms with E-state index in [1.807, 2.05) is 66.5 Å². The van der Waals surface area contributed by atoms with Gasteiger partial charge in [0.05, 0.1) is 0 Å². The normalized spacial score (nSPS) is 11.1. The molecule has 2 N–H and O–H groups in total. The van der Waals surface area contributed by atoms with E-state index in [2.05, 4.69) is 15.6 Å². The Morgan fingerprint density at radius 1 is 1.08 bits per heavy atom. The number of hydrogen-bond acceptors (Lipinski definition) is 2. The van der Waals surface area contributed by atoms with E-state index in [1.165, 1.54) is 0 Å². The lowest BCUT2D eigenvalue weighted by Crippen LogP contribution is -2.40. The first-order chi connectivity index (χ1) is 12.6. The fraction of sp³-hybridized carbons (Fsp3) is 0.300. The van der Waals surface area contributed by atoms with Gasteiger partial charge >= 0.3 is 0 Å². The highest BCUT2D eigenvalue weighted by Crippen LogP contribution is 2.12. The zero-order chi connectivity index (χ0) is 18.8. The van der Waals surface area contributed by atoms with Crippen molar-refractivity contribution >= 4 is 23.5 Å². The molecule has 0 atom stereocenters. The predicted octanol–water partition coefficient (Wildman–Crippen LogP) is 3.05. The lowest BCUT2D eigenvalue weighted by atomic mass is 10.2. The minimum absolute atomic E-state index is 0.00861. The van der Waals surface area contributed by atoms with Crippen molar-refractivity contribution < 1.29 is 4.79 Å². The summed E-state index contributed by atoms with van der Waals surface area (Å²) in [6.45, 7) is 1.75. The average molecular weight is 373 g/mol. The van der Waals surface area contributed by atoms with Crippen LogP contribution in [0.25, 0.3) is 0 Å². The third-order valence-corrected chi connectivity index (χ3v) is 4.08. The molecular formula is C20H25ClN4O. The van der Waals surface area contributed by atoms with Crippen LogP contribution < -0.4 is 10.6 Å². The Bertz CT molecular complexity index is 734. The molecule has 0 saturated carbocycles. The lowest BCUT2D eigenvalue weighted by molar-refractivity contribution is -0.121. The lowest BCUT2D eigenvalue weighted by Gasteiger charge is -2.22. The van der Waals surface area contributed by atoms with E-state index in [0.29, 0.717) is 31.1 Å². The van der Waals surface area contributed by atoms with Gasteiger partial charge in [0.15, 0.2) is 5.96 Å². The van der Waals surface area contributed by atoms with E-state index in [4.69, 9.17) is 11.6 Å². The van der Waals surface area contributed by atoms with Gasteiger partial charge < -0.3 is 15.5 Å². The second-order valence-electron chi connectivity index (χ2n) is 5.97. The molecule has 6 heteroatoms. The number of rotatable bonds is 7. The maximum atomic E-state index is 12.0. The fourth-order valence-electron chi connectivity index (χ4n) is 2.54. The molecule has 0 aliphatic rings. The minimum atomic E-state index is 0.00861. The molecule has 0 aliphatic carbocycles. The van der Waals surface area contributed by atoms with Crippen LogP contribution in [0, 0.1) is 0 Å². The fourth-order valence-corrected chi connectivity index (χ4v) is 2.75. The van der Waals surface area contributed by atoms with E-state index in [1.54, 1.807) is 7.05 Å². The number of carbonyl (C=O) groups excluding carboxylic acids is 1. The van der Waals surface area contributed by atoms with Gasteiger partial charge in [-0.05, 0) is 23.3 Å². The summed E-state index contributed by atoms with van der Waals surface area (Å²) in [5, 5.41) is 6.85. The van der Waals surface area contributed by atoms with Gasteiger partial charge in [0.25, 0.3) is 0 Å². The first kappa shape index (κ1) is 19.8. The van der Waals surface area contributed by atoms with E-state index < -0.39 is 0 Å². The van der Waals surface area contributed by atoms with Crippen LogP contribution in [-0.2, 0) is 17.9 Å². The molecule has 0 aromatic heterocycles. The summed E-state index contributed by atoms with van der Waals surface area (Å²) in [5.74, 6) is 0.745. The summed E-state index contributed by atoms with van der Waals surface area (Å²) in [6, 6.07) is 17.6. The second kappa shape index (κ2) is 10.5. The summed E-state index contributed by atoms with van der Waals surface area (Å²) in [5.41, 5.74) is 2.19. The largest absolute Gasteiger partial charge is 0.356 e. The summed E-state index contributed by atoms with van der Waals surface area (Å²) in [7, 11) is 3.68. The first-order valence-corrected chi connectivity index (χ1v) is 8.93. The third-order valence-electron chi connectivity index (χ3n) is 3.85. The molecule has 0 heterocycles. The smallest absolute Gasteiger partial charge is 0.222 e. The van der Waals surface area contributed by atoms with Crippen molar-refractivity contribution in [1.82, 2.24) is 15.5 Å². The van der Waals surface area contributed by atoms with Crippen LogP contribution in [0.1, 0.15) is 17.5 Å². The molecule has 0 saturated heterocycles. The number of benzene rings is 2. The summed E-state index contributed by atoms with van der Waals surface area (Å²) in [4.78, 5) is 18.2. The van der Waals surface area contributed by atoms with Gasteiger partial charge in [0.2, 0.25) is 5.91 Å². The van der Waals surface area contributed by atoms with Gasteiger partial charge in [-0.25, -0.2) is 0 Å². The molecule has 0 aliphatic heterocycles. The molecule has 5 nitrogen and oxygen atoms in total. The van der Waals surface area contributed by atoms with Crippen LogP contribution in [0.5, 0.6) is 0 Å². The molecule has 0 radical (unpaired) electrons. The van der Waals surface area contributed by atoms with Crippen LogP contribution in [0.4, 0.5) is 0 Å². The maximum absolute atomic E-state index is 12.0. The number of hydrogen-bond donors (Lipinski definition) is 2. The highest BCUT2D eigenvalue weighted by molar-refractivity contribution is 6.30. The van der Waals surface area contributed by atoms with E-state index in [0.717, 1.165) is 17.1 Å². The molecule has 0 fully saturated rings. The molecular weight excluding hydrogens is 348 g/mol. The Hall–Kier alpha value is -2.53. The van der Waals surface area contributed by atoms with Gasteiger partial charge in [-0.1, -0.05) is 54.1 Å². The molecule has 0 unspecified atom stereocenters. The summed E-state index contributed by atoms with van der Waals surface area (Å²) < 4.78 is 0. The highest BCUT2D eigenvalue weighted by Gasteiger charge is 2.08. The molecule has 0 bridgehead atoms. The Labute approximate surface area is 160 Å². The molecule has 2 aromatic rings. The topological polar surface area (TPSA) is 56.7 Å². The van der Waals surface area contributed by atoms with Gasteiger partial charge in [-0.3, -0.25) is 9.79 Å². The van der Waals surface area contributed by atoms with Crippen molar-refractivity contribution in [3.8, 4) is 0 Å². The predicted molar refractivity (Wildman–Crippen MR) is 107 cm³/mol. The van der Waals surface area contributed by atoms with Crippen molar-refractivity contribution in [1.29, 1.82) is 0 Å². The summed E-state index contributed by atoms with van der Waals surface area (Å²) >= 11 is 6.03. The van der Waals surface area contributed by atoms with E-state index >= 15 is 0 Å². The molecule has 138 valence electrons. The molecule has 26 heavy (non-hydrogen) atoms. The monoisotopic (exact) mass is 372 g/mol. The second-order valence-corrected chi connectivity index (χ2v) is 6.41. The molecule has 0 spiro atoms. The summed E-state index contributed by atoms with van der Waals surface area (Å²) in [6.07, 6.45) is 0.386. The van der Waals surface area contributed by atoms with Crippen LogP contribution >= 0.6 is 11.6 Å². The van der Waals surface area contributed by atoms with Crippen LogP contribution in [-0.4, -0.2) is 37.4 Å². The standard InChI is InChI=1S/C20H25ClN4O/c1-22-20(25(2)15-17-9-6-10-18(21)13-17)23-12-11-19(26)24-14-16-7-4-3-5-8-16/h3-10,13H,11-12,14-15H2,1-2H3,(H,22,23)(H,24,26). The Balaban J connectivity index is 1.73. The van der Waals surface area contributed by atoms with Gasteiger partial charge in [-0.2, -0.15) is 0 Å². The number of halogens is 1. The quantitative estimate of drug-likeness (QED) is 0.580. The van der Waals surface area contributed by atoms with E-state index in [-0.39, 0.29) is 5.91 Å². The number of nitrogens with one attached hydrogen (secondary N) is 2. The third kappa shape index (κ3) is 6.76. The van der Waals surface area contributed by atoms with Gasteiger partial charge in [-0.15, -0.1) is 0 Å². The first-order valence-electron chi connectivity index (χ1n) is 8.55. The number of aliphatic imine (C=N–C) groups is 1. The highest BCUT2D eigenvalue weighted by atomic mass is 35.5. The Kier molecular flexibility index (Phi) is 7.96. The van der Waals surface area contributed by atoms with Gasteiger partial charge in [0.1, 0.15) is 0 Å². The van der Waals surface area contributed by atoms with Crippen molar-refractivity contribution in [2.24, 2.45) is 4.99 Å². The van der Waals surface area contributed by atoms with E-state index in [9.17, 15) is 4.79 Å². The minimum Gasteiger partial charge on any atom is -0.356 e. The van der Waals surface area contributed by atoms with Crippen LogP contribution in [0.2, 0.25) is 5.02 Å². The molecule has 1 amide bonds. The molecule has 2 rings (SSSR count). The molecule has 2 aromatic carbocycles. The zero-order valence-electron chi connectivity index (χ0n) is 15.2. The average Bonchev–Trinajstić information content (AvgIpc) is 2.64. The van der Waals surface area contributed by atoms with Gasteiger partial charge in [0, 0.05) is 45.2 Å². The Morgan fingerprint density at radius 2 is 1.81 bits per heavy atom. The van der Waals surface area contributed by atoms with Crippen LogP contribution in [0.15, 0.2) is 59.6 Å². The number of guanidine groups is 1. The van der Waals surface area contributed by atoms with Crippen LogP contribution in [0.3, 0.4) is 0 Å². The van der Waals surface area contributed by atoms with Crippen molar-refractivity contribution in [3.63, 3.8) is 0 Å². The number of amides is 1. The number of carbonyl (C=O) groups is 1. The number of nitrogens with zero attached hydrogens (tertiary/aromatic N) is 2.